The number of ether oxygens (including phenoxy) is 2. The molecule has 1 aliphatic rings. The molecule has 0 aromatic heterocycles. The molecule has 1 fully saturated rings. The van der Waals surface area contributed by atoms with Crippen molar-refractivity contribution in [2.45, 2.75) is 0 Å². The van der Waals surface area contributed by atoms with Crippen LogP contribution in [0.4, 0.5) is 16.2 Å². The van der Waals surface area contributed by atoms with Crippen LogP contribution in [0.3, 0.4) is 0 Å². The lowest BCUT2D eigenvalue weighted by atomic mass is 10.2. The largest absolute Gasteiger partial charge is 0.490 e. The molecule has 0 unspecified atom stereocenters. The molecule has 0 aliphatic carbocycles. The van der Waals surface area contributed by atoms with E-state index in [4.69, 9.17) is 21.1 Å². The molecule has 37 heavy (non-hydrogen) atoms. The molecule has 3 aromatic carbocycles. The van der Waals surface area contributed by atoms with Crippen LogP contribution in [-0.4, -0.2) is 39.0 Å². The SMILES string of the molecule is O=C1S/C(=C\c2ccc(Oc3ccc([N+](=O)[O-])cc3[N+](=O)[O-])cc2)C(=O)N1CCOc1ccccc1Cl. The summed E-state index contributed by atoms with van der Waals surface area (Å²) in [7, 11) is 0. The van der Waals surface area contributed by atoms with Crippen molar-refractivity contribution in [1.29, 1.82) is 0 Å². The summed E-state index contributed by atoms with van der Waals surface area (Å²) in [6.07, 6.45) is 1.54. The lowest BCUT2D eigenvalue weighted by molar-refractivity contribution is -0.394. The van der Waals surface area contributed by atoms with Crippen molar-refractivity contribution in [3.05, 3.63) is 102 Å². The number of halogens is 1. The van der Waals surface area contributed by atoms with E-state index in [0.29, 0.717) is 16.3 Å². The third-order valence-corrected chi connectivity index (χ3v) is 6.26. The predicted molar refractivity (Wildman–Crippen MR) is 136 cm³/mol. The Kier molecular flexibility index (Phi) is 7.70. The molecule has 0 radical (unpaired) electrons. The van der Waals surface area contributed by atoms with Crippen molar-refractivity contribution in [3.8, 4) is 17.2 Å². The maximum atomic E-state index is 12.7. The number of amides is 2. The summed E-state index contributed by atoms with van der Waals surface area (Å²) >= 11 is 6.83. The minimum atomic E-state index is -0.772. The van der Waals surface area contributed by atoms with Crippen LogP contribution in [0.25, 0.3) is 6.08 Å². The van der Waals surface area contributed by atoms with E-state index in [9.17, 15) is 29.8 Å². The average Bonchev–Trinajstić information content (AvgIpc) is 3.13. The first-order valence-corrected chi connectivity index (χ1v) is 11.8. The number of carbonyl (C=O) groups is 2. The van der Waals surface area contributed by atoms with E-state index in [0.717, 1.165) is 34.9 Å². The van der Waals surface area contributed by atoms with Crippen LogP contribution in [0, 0.1) is 20.2 Å². The monoisotopic (exact) mass is 541 g/mol. The highest BCUT2D eigenvalue weighted by molar-refractivity contribution is 8.18. The lowest BCUT2D eigenvalue weighted by Gasteiger charge is -2.13. The van der Waals surface area contributed by atoms with E-state index in [2.05, 4.69) is 0 Å². The standard InChI is InChI=1S/C24H16ClN3O8S/c25-18-3-1-2-4-20(18)35-12-11-26-23(29)22(37-24(26)30)13-15-5-8-17(9-6-15)36-21-10-7-16(27(31)32)14-19(21)28(33)34/h1-10,13-14H,11-12H2/b22-13-. The van der Waals surface area contributed by atoms with Gasteiger partial charge in [0.25, 0.3) is 16.8 Å². The highest BCUT2D eigenvalue weighted by Gasteiger charge is 2.34. The van der Waals surface area contributed by atoms with Gasteiger partial charge < -0.3 is 9.47 Å². The predicted octanol–water partition coefficient (Wildman–Crippen LogP) is 6.06. The fourth-order valence-corrected chi connectivity index (χ4v) is 4.32. The van der Waals surface area contributed by atoms with Crippen molar-refractivity contribution in [2.24, 2.45) is 0 Å². The Morgan fingerprint density at radius 3 is 2.35 bits per heavy atom. The first kappa shape index (κ1) is 25.7. The molecule has 188 valence electrons. The molecule has 3 aromatic rings. The number of rotatable bonds is 9. The van der Waals surface area contributed by atoms with Gasteiger partial charge in [0.15, 0.2) is 0 Å². The molecule has 1 saturated heterocycles. The normalized spacial score (nSPS) is 14.2. The molecule has 13 heteroatoms. The Morgan fingerprint density at radius 1 is 0.946 bits per heavy atom. The van der Waals surface area contributed by atoms with Crippen LogP contribution < -0.4 is 9.47 Å². The van der Waals surface area contributed by atoms with Crippen LogP contribution in [0.2, 0.25) is 5.02 Å². The van der Waals surface area contributed by atoms with E-state index >= 15 is 0 Å². The summed E-state index contributed by atoms with van der Waals surface area (Å²) in [5, 5.41) is 22.2. The smallest absolute Gasteiger partial charge is 0.318 e. The molecule has 2 amide bonds. The van der Waals surface area contributed by atoms with E-state index in [-0.39, 0.29) is 29.6 Å². The lowest BCUT2D eigenvalue weighted by Crippen LogP contribution is -2.32. The summed E-state index contributed by atoms with van der Waals surface area (Å²) in [5.41, 5.74) is -0.396. The Labute approximate surface area is 218 Å². The Balaban J connectivity index is 1.41. The molecular weight excluding hydrogens is 526 g/mol. The fraction of sp³-hybridized carbons (Fsp3) is 0.0833. The second kappa shape index (κ2) is 11.1. The first-order chi connectivity index (χ1) is 17.7. The van der Waals surface area contributed by atoms with Crippen molar-refractivity contribution >= 4 is 52.0 Å². The van der Waals surface area contributed by atoms with Crippen molar-refractivity contribution in [2.75, 3.05) is 13.2 Å². The molecular formula is C24H16ClN3O8S. The second-order valence-electron chi connectivity index (χ2n) is 7.45. The number of nitro groups is 2. The van der Waals surface area contributed by atoms with Gasteiger partial charge in [-0.15, -0.1) is 0 Å². The molecule has 4 rings (SSSR count). The van der Waals surface area contributed by atoms with Gasteiger partial charge in [-0.1, -0.05) is 35.9 Å². The third kappa shape index (κ3) is 6.05. The Bertz CT molecular complexity index is 1430. The molecule has 0 spiro atoms. The van der Waals surface area contributed by atoms with Gasteiger partial charge in [0.1, 0.15) is 18.1 Å². The van der Waals surface area contributed by atoms with Crippen LogP contribution in [0.15, 0.2) is 71.6 Å². The number of nitrogens with zero attached hydrogens (tertiary/aromatic N) is 3. The zero-order chi connectivity index (χ0) is 26.5. The van der Waals surface area contributed by atoms with Crippen molar-refractivity contribution in [3.63, 3.8) is 0 Å². The zero-order valence-corrected chi connectivity index (χ0v) is 20.3. The molecule has 1 heterocycles. The van der Waals surface area contributed by atoms with Gasteiger partial charge >= 0.3 is 5.69 Å². The maximum Gasteiger partial charge on any atom is 0.318 e. The number of thioether (sulfide) groups is 1. The van der Waals surface area contributed by atoms with Gasteiger partial charge in [-0.25, -0.2) is 0 Å². The molecule has 1 aliphatic heterocycles. The van der Waals surface area contributed by atoms with Crippen LogP contribution in [0.1, 0.15) is 5.56 Å². The van der Waals surface area contributed by atoms with Gasteiger partial charge in [0, 0.05) is 6.07 Å². The van der Waals surface area contributed by atoms with Crippen LogP contribution in [0.5, 0.6) is 17.2 Å². The number of imide groups is 1. The van der Waals surface area contributed by atoms with Gasteiger partial charge in [0.05, 0.1) is 32.4 Å². The molecule has 0 N–H and O–H groups in total. The van der Waals surface area contributed by atoms with E-state index < -0.39 is 32.4 Å². The summed E-state index contributed by atoms with van der Waals surface area (Å²) < 4.78 is 11.1. The van der Waals surface area contributed by atoms with Gasteiger partial charge in [-0.3, -0.25) is 34.7 Å². The summed E-state index contributed by atoms with van der Waals surface area (Å²) in [4.78, 5) is 47.0. The zero-order valence-electron chi connectivity index (χ0n) is 18.7. The third-order valence-electron chi connectivity index (χ3n) is 5.04. The van der Waals surface area contributed by atoms with Gasteiger partial charge in [-0.05, 0) is 53.7 Å². The number of carbonyl (C=O) groups excluding carboxylic acids is 2. The highest BCUT2D eigenvalue weighted by Crippen LogP contribution is 2.35. The van der Waals surface area contributed by atoms with Crippen LogP contribution >= 0.6 is 23.4 Å². The molecule has 0 bridgehead atoms. The van der Waals surface area contributed by atoms with Gasteiger partial charge in [0.2, 0.25) is 5.75 Å². The van der Waals surface area contributed by atoms with Gasteiger partial charge in [-0.2, -0.15) is 0 Å². The maximum absolute atomic E-state index is 12.7. The van der Waals surface area contributed by atoms with E-state index in [1.165, 1.54) is 18.2 Å². The number of hydrogen-bond acceptors (Lipinski definition) is 9. The van der Waals surface area contributed by atoms with Crippen molar-refractivity contribution < 1.29 is 28.9 Å². The number of nitro benzene ring substituents is 2. The summed E-state index contributed by atoms with van der Waals surface area (Å²) in [6.45, 7) is 0.129. The van der Waals surface area contributed by atoms with E-state index in [1.54, 1.807) is 36.4 Å². The summed E-state index contributed by atoms with van der Waals surface area (Å²) in [6, 6.07) is 16.2. The van der Waals surface area contributed by atoms with E-state index in [1.807, 2.05) is 0 Å². The minimum Gasteiger partial charge on any atom is -0.490 e. The minimum absolute atomic E-state index is 0.0496. The molecule has 11 nitrogen and oxygen atoms in total. The average molecular weight is 542 g/mol. The number of para-hydroxylation sites is 1. The molecule has 0 saturated carbocycles. The fourth-order valence-electron chi connectivity index (χ4n) is 3.26. The quantitative estimate of drug-likeness (QED) is 0.179. The Morgan fingerprint density at radius 2 is 1.68 bits per heavy atom. The number of non-ortho nitro benzene ring substituents is 1. The molecule has 0 atom stereocenters. The number of hydrogen-bond donors (Lipinski definition) is 0. The highest BCUT2D eigenvalue weighted by atomic mass is 35.5. The number of benzene rings is 3. The van der Waals surface area contributed by atoms with Crippen LogP contribution in [-0.2, 0) is 4.79 Å². The second-order valence-corrected chi connectivity index (χ2v) is 8.85. The van der Waals surface area contributed by atoms with Crippen molar-refractivity contribution in [1.82, 2.24) is 4.90 Å². The first-order valence-electron chi connectivity index (χ1n) is 10.6. The topological polar surface area (TPSA) is 142 Å². The Hall–Kier alpha value is -4.42. The summed E-state index contributed by atoms with van der Waals surface area (Å²) in [5.74, 6) is 0.0649.